The van der Waals surface area contributed by atoms with E-state index in [1.807, 2.05) is 36.4 Å². The van der Waals surface area contributed by atoms with Crippen LogP contribution in [-0.2, 0) is 5.48 Å². The number of hydrogen-bond donors (Lipinski definition) is 0. The SMILES string of the molecule is [Li+].[Li+].[O-2].c1ccccc1. The molecule has 3 heteroatoms. The van der Waals surface area contributed by atoms with E-state index < -0.39 is 0 Å². The second-order valence-corrected chi connectivity index (χ2v) is 1.15. The first-order valence-corrected chi connectivity index (χ1v) is 2.00. The molecule has 0 saturated carbocycles. The molecule has 0 fully saturated rings. The van der Waals surface area contributed by atoms with E-state index in [1.165, 1.54) is 0 Å². The van der Waals surface area contributed by atoms with E-state index in [0.29, 0.717) is 0 Å². The van der Waals surface area contributed by atoms with Crippen LogP contribution in [0.1, 0.15) is 0 Å². The second kappa shape index (κ2) is 11.2. The summed E-state index contributed by atoms with van der Waals surface area (Å²) in [7, 11) is 0. The smallest absolute Gasteiger partial charge is 1.00 e. The maximum Gasteiger partial charge on any atom is 1.00 e. The third-order valence-electron chi connectivity index (χ3n) is 0.667. The van der Waals surface area contributed by atoms with Crippen LogP contribution in [0.2, 0.25) is 0 Å². The van der Waals surface area contributed by atoms with E-state index >= 15 is 0 Å². The Morgan fingerprint density at radius 1 is 0.444 bits per heavy atom. The van der Waals surface area contributed by atoms with Crippen molar-refractivity contribution in [3.63, 3.8) is 0 Å². The topological polar surface area (TPSA) is 28.5 Å². The zero-order valence-corrected chi connectivity index (χ0v) is 5.87. The summed E-state index contributed by atoms with van der Waals surface area (Å²) in [6.07, 6.45) is 0. The van der Waals surface area contributed by atoms with Crippen molar-refractivity contribution in [3.05, 3.63) is 36.4 Å². The Labute approximate surface area is 79.5 Å². The van der Waals surface area contributed by atoms with Crippen molar-refractivity contribution in [2.24, 2.45) is 0 Å². The largest absolute Gasteiger partial charge is 2.00 e. The molecule has 0 aromatic heterocycles. The van der Waals surface area contributed by atoms with Crippen LogP contribution in [0.5, 0.6) is 0 Å². The van der Waals surface area contributed by atoms with Crippen LogP contribution in [0.25, 0.3) is 0 Å². The Morgan fingerprint density at radius 3 is 0.667 bits per heavy atom. The maximum atomic E-state index is 2.00. The summed E-state index contributed by atoms with van der Waals surface area (Å²) in [5.41, 5.74) is 0. The van der Waals surface area contributed by atoms with Gasteiger partial charge in [-0.15, -0.1) is 0 Å². The molecule has 0 unspecified atom stereocenters. The monoisotopic (exact) mass is 108 g/mol. The van der Waals surface area contributed by atoms with Gasteiger partial charge in [0.05, 0.1) is 0 Å². The molecule has 0 amide bonds. The van der Waals surface area contributed by atoms with Crippen LogP contribution in [0.4, 0.5) is 0 Å². The first-order chi connectivity index (χ1) is 3.00. The molecule has 1 aromatic rings. The Balaban J connectivity index is -0.000000120. The molecular formula is C6H6Li2O. The summed E-state index contributed by atoms with van der Waals surface area (Å²) in [4.78, 5) is 0. The van der Waals surface area contributed by atoms with Crippen LogP contribution >= 0.6 is 0 Å². The molecule has 38 valence electrons. The van der Waals surface area contributed by atoms with Crippen molar-refractivity contribution >= 4 is 0 Å². The molecule has 1 aromatic carbocycles. The van der Waals surface area contributed by atoms with Crippen molar-refractivity contribution in [1.82, 2.24) is 0 Å². The van der Waals surface area contributed by atoms with E-state index in [2.05, 4.69) is 0 Å². The first kappa shape index (κ1) is 16.2. The maximum absolute atomic E-state index is 2.00. The van der Waals surface area contributed by atoms with Crippen molar-refractivity contribution < 1.29 is 43.2 Å². The standard InChI is InChI=1S/C6H6.2Li.O/c1-2-4-6-5-3-1;;;/h1-6H;;;/q;2*+1;-2. The molecule has 0 heterocycles. The van der Waals surface area contributed by atoms with Gasteiger partial charge in [0.15, 0.2) is 0 Å². The van der Waals surface area contributed by atoms with Gasteiger partial charge in [0.1, 0.15) is 0 Å². The number of hydrogen-bond acceptors (Lipinski definition) is 0. The van der Waals surface area contributed by atoms with Gasteiger partial charge in [-0.2, -0.15) is 0 Å². The summed E-state index contributed by atoms with van der Waals surface area (Å²) in [6.45, 7) is 0. The predicted molar refractivity (Wildman–Crippen MR) is 27.1 cm³/mol. The number of rotatable bonds is 0. The zero-order valence-electron chi connectivity index (χ0n) is 5.87. The second-order valence-electron chi connectivity index (χ2n) is 1.15. The van der Waals surface area contributed by atoms with Crippen molar-refractivity contribution in [1.29, 1.82) is 0 Å². The van der Waals surface area contributed by atoms with Gasteiger partial charge in [-0.3, -0.25) is 0 Å². The van der Waals surface area contributed by atoms with Gasteiger partial charge >= 0.3 is 37.7 Å². The zero-order chi connectivity index (χ0) is 4.24. The van der Waals surface area contributed by atoms with E-state index in [0.717, 1.165) is 0 Å². The summed E-state index contributed by atoms with van der Waals surface area (Å²) in [5.74, 6) is 0. The molecule has 0 N–H and O–H groups in total. The molecule has 0 bridgehead atoms. The van der Waals surface area contributed by atoms with E-state index in [4.69, 9.17) is 0 Å². The van der Waals surface area contributed by atoms with Crippen molar-refractivity contribution in [3.8, 4) is 0 Å². The van der Waals surface area contributed by atoms with E-state index in [9.17, 15) is 0 Å². The Morgan fingerprint density at radius 2 is 0.556 bits per heavy atom. The normalized spacial score (nSPS) is 5.33. The molecule has 9 heavy (non-hydrogen) atoms. The van der Waals surface area contributed by atoms with Crippen LogP contribution < -0.4 is 37.7 Å². The van der Waals surface area contributed by atoms with Crippen LogP contribution in [-0.4, -0.2) is 0 Å². The summed E-state index contributed by atoms with van der Waals surface area (Å²) in [5, 5.41) is 0. The van der Waals surface area contributed by atoms with Gasteiger partial charge in [-0.1, -0.05) is 36.4 Å². The molecule has 0 aliphatic heterocycles. The third kappa shape index (κ3) is 8.37. The fourth-order valence-electron chi connectivity index (χ4n) is 0.385. The number of benzene rings is 1. The van der Waals surface area contributed by atoms with Crippen molar-refractivity contribution in [2.45, 2.75) is 0 Å². The van der Waals surface area contributed by atoms with Gasteiger partial charge in [-0.05, 0) is 0 Å². The first-order valence-electron chi connectivity index (χ1n) is 2.00. The predicted octanol–water partition coefficient (Wildman–Crippen LogP) is -4.42. The van der Waals surface area contributed by atoms with E-state index in [-0.39, 0.29) is 43.2 Å². The van der Waals surface area contributed by atoms with Crippen molar-refractivity contribution in [2.75, 3.05) is 0 Å². The minimum absolute atomic E-state index is 0. The van der Waals surface area contributed by atoms with Gasteiger partial charge in [-0.25, -0.2) is 0 Å². The Kier molecular flexibility index (Phi) is 20.2. The molecule has 0 saturated heterocycles. The van der Waals surface area contributed by atoms with Gasteiger partial charge in [0.2, 0.25) is 0 Å². The average Bonchev–Trinajstić information content (AvgIpc) is 1.72. The van der Waals surface area contributed by atoms with Gasteiger partial charge in [0, 0.05) is 0 Å². The van der Waals surface area contributed by atoms with Crippen LogP contribution in [0, 0.1) is 0 Å². The van der Waals surface area contributed by atoms with Gasteiger partial charge < -0.3 is 5.48 Å². The summed E-state index contributed by atoms with van der Waals surface area (Å²) in [6, 6.07) is 12.0. The average molecular weight is 108 g/mol. The fourth-order valence-corrected chi connectivity index (χ4v) is 0.385. The molecule has 1 rings (SSSR count). The Bertz CT molecular complexity index is 83.0. The quantitative estimate of drug-likeness (QED) is 0.300. The van der Waals surface area contributed by atoms with E-state index in [1.54, 1.807) is 0 Å². The van der Waals surface area contributed by atoms with Crippen LogP contribution in [0.15, 0.2) is 36.4 Å². The minimum Gasteiger partial charge on any atom is -2.00 e. The molecule has 0 spiro atoms. The van der Waals surface area contributed by atoms with Gasteiger partial charge in [0.25, 0.3) is 0 Å². The molecule has 0 aliphatic carbocycles. The molecular weight excluding hydrogens is 102 g/mol. The summed E-state index contributed by atoms with van der Waals surface area (Å²) >= 11 is 0. The molecule has 0 radical (unpaired) electrons. The fraction of sp³-hybridized carbons (Fsp3) is 0. The third-order valence-corrected chi connectivity index (χ3v) is 0.667. The Hall–Kier alpha value is 0.375. The summed E-state index contributed by atoms with van der Waals surface area (Å²) < 4.78 is 0. The minimum atomic E-state index is 0. The van der Waals surface area contributed by atoms with Crippen LogP contribution in [0.3, 0.4) is 0 Å². The molecule has 0 aliphatic rings. The molecule has 0 atom stereocenters. The molecule has 1 nitrogen and oxygen atoms in total.